The molecule has 0 fully saturated rings. The highest BCUT2D eigenvalue weighted by molar-refractivity contribution is 5.69. The molecule has 82 valence electrons. The van der Waals surface area contributed by atoms with Crippen molar-refractivity contribution in [3.63, 3.8) is 0 Å². The highest BCUT2D eigenvalue weighted by Gasteiger charge is 2.13. The van der Waals surface area contributed by atoms with Crippen LogP contribution in [0.1, 0.15) is 31.7 Å². The zero-order valence-corrected chi connectivity index (χ0v) is 8.46. The summed E-state index contributed by atoms with van der Waals surface area (Å²) in [5.74, 6) is -0.245. The van der Waals surface area contributed by atoms with E-state index in [4.69, 9.17) is 4.74 Å². The molecule has 1 aromatic heterocycles. The monoisotopic (exact) mass is 215 g/mol. The molecule has 15 heavy (non-hydrogen) atoms. The second kappa shape index (κ2) is 4.82. The Morgan fingerprint density at radius 3 is 2.67 bits per heavy atom. The highest BCUT2D eigenvalue weighted by atomic mass is 19.3. The van der Waals surface area contributed by atoms with E-state index in [1.54, 1.807) is 6.92 Å². The number of ether oxygens (including phenoxy) is 1. The van der Waals surface area contributed by atoms with E-state index in [-0.39, 0.29) is 11.4 Å². The van der Waals surface area contributed by atoms with Crippen molar-refractivity contribution in [1.29, 1.82) is 0 Å². The first-order valence-electron chi connectivity index (χ1n) is 4.51. The Bertz CT molecular complexity index is 366. The van der Waals surface area contributed by atoms with Gasteiger partial charge in [0.1, 0.15) is 5.69 Å². The summed E-state index contributed by atoms with van der Waals surface area (Å²) in [5.41, 5.74) is 0.0609. The third kappa shape index (κ3) is 2.97. The molecule has 1 heterocycles. The lowest BCUT2D eigenvalue weighted by molar-refractivity contribution is -0.131. The largest absolute Gasteiger partial charge is 0.425 e. The first-order chi connectivity index (χ1) is 7.04. The molecule has 0 aliphatic heterocycles. The van der Waals surface area contributed by atoms with Crippen molar-refractivity contribution in [1.82, 2.24) is 4.98 Å². The molecule has 0 radical (unpaired) electrons. The SMILES string of the molecule is CCc1nc(C(F)F)ccc1OC(C)=O. The summed E-state index contributed by atoms with van der Waals surface area (Å²) >= 11 is 0. The van der Waals surface area contributed by atoms with Crippen LogP contribution in [0.25, 0.3) is 0 Å². The number of hydrogen-bond donors (Lipinski definition) is 0. The topological polar surface area (TPSA) is 39.2 Å². The zero-order chi connectivity index (χ0) is 11.4. The van der Waals surface area contributed by atoms with Gasteiger partial charge in [-0.15, -0.1) is 0 Å². The number of aromatic nitrogens is 1. The lowest BCUT2D eigenvalue weighted by Gasteiger charge is -2.08. The Labute approximate surface area is 86.1 Å². The van der Waals surface area contributed by atoms with Gasteiger partial charge in [0.15, 0.2) is 5.75 Å². The van der Waals surface area contributed by atoms with Crippen LogP contribution in [0.5, 0.6) is 5.75 Å². The second-order valence-corrected chi connectivity index (χ2v) is 2.93. The fourth-order valence-corrected chi connectivity index (χ4v) is 1.13. The average molecular weight is 215 g/mol. The number of carbonyl (C=O) groups is 1. The first-order valence-corrected chi connectivity index (χ1v) is 4.51. The molecular formula is C10H11F2NO2. The maximum absolute atomic E-state index is 12.3. The van der Waals surface area contributed by atoms with Crippen LogP contribution in [0.3, 0.4) is 0 Å². The van der Waals surface area contributed by atoms with E-state index in [1.165, 1.54) is 13.0 Å². The Morgan fingerprint density at radius 1 is 1.53 bits per heavy atom. The van der Waals surface area contributed by atoms with Gasteiger partial charge in [0.2, 0.25) is 0 Å². The summed E-state index contributed by atoms with van der Waals surface area (Å²) < 4.78 is 29.4. The molecule has 0 atom stereocenters. The molecule has 0 aromatic carbocycles. The standard InChI is InChI=1S/C10H11F2NO2/c1-3-7-9(15-6(2)14)5-4-8(13-7)10(11)12/h4-5,10H,3H2,1-2H3. The number of aryl methyl sites for hydroxylation is 1. The van der Waals surface area contributed by atoms with E-state index in [0.29, 0.717) is 12.1 Å². The number of carbonyl (C=O) groups excluding carboxylic acids is 1. The fraction of sp³-hybridized carbons (Fsp3) is 0.400. The number of hydrogen-bond acceptors (Lipinski definition) is 3. The van der Waals surface area contributed by atoms with Crippen LogP contribution in [-0.2, 0) is 11.2 Å². The van der Waals surface area contributed by atoms with Crippen LogP contribution in [0.4, 0.5) is 8.78 Å². The third-order valence-electron chi connectivity index (χ3n) is 1.77. The van der Waals surface area contributed by atoms with Crippen LogP contribution in [-0.4, -0.2) is 11.0 Å². The molecule has 0 amide bonds. The molecule has 0 aliphatic carbocycles. The van der Waals surface area contributed by atoms with Gasteiger partial charge in [0.25, 0.3) is 6.43 Å². The molecule has 1 aromatic rings. The van der Waals surface area contributed by atoms with Crippen LogP contribution in [0.2, 0.25) is 0 Å². The smallest absolute Gasteiger partial charge is 0.308 e. The Hall–Kier alpha value is -1.52. The highest BCUT2D eigenvalue weighted by Crippen LogP contribution is 2.23. The minimum atomic E-state index is -2.61. The van der Waals surface area contributed by atoms with Gasteiger partial charge in [-0.3, -0.25) is 4.79 Å². The Morgan fingerprint density at radius 2 is 2.20 bits per heavy atom. The number of pyridine rings is 1. The predicted octanol–water partition coefficient (Wildman–Crippen LogP) is 2.51. The van der Waals surface area contributed by atoms with Crippen molar-refractivity contribution >= 4 is 5.97 Å². The predicted molar refractivity (Wildman–Crippen MR) is 49.9 cm³/mol. The maximum atomic E-state index is 12.3. The van der Waals surface area contributed by atoms with Crippen molar-refractivity contribution in [3.05, 3.63) is 23.5 Å². The first kappa shape index (κ1) is 11.6. The van der Waals surface area contributed by atoms with E-state index in [9.17, 15) is 13.6 Å². The van der Waals surface area contributed by atoms with Crippen LogP contribution < -0.4 is 4.74 Å². The molecule has 0 aliphatic rings. The fourth-order valence-electron chi connectivity index (χ4n) is 1.13. The lowest BCUT2D eigenvalue weighted by atomic mass is 10.2. The van der Waals surface area contributed by atoms with Gasteiger partial charge in [0, 0.05) is 6.92 Å². The van der Waals surface area contributed by atoms with E-state index < -0.39 is 12.4 Å². The van der Waals surface area contributed by atoms with Crippen molar-refractivity contribution in [2.24, 2.45) is 0 Å². The van der Waals surface area contributed by atoms with E-state index in [2.05, 4.69) is 4.98 Å². The maximum Gasteiger partial charge on any atom is 0.308 e. The van der Waals surface area contributed by atoms with Crippen LogP contribution in [0, 0.1) is 0 Å². The second-order valence-electron chi connectivity index (χ2n) is 2.93. The normalized spacial score (nSPS) is 10.5. The molecule has 0 N–H and O–H groups in total. The Balaban J connectivity index is 3.03. The molecule has 0 saturated carbocycles. The summed E-state index contributed by atoms with van der Waals surface area (Å²) in [6.45, 7) is 3.01. The van der Waals surface area contributed by atoms with Crippen LogP contribution >= 0.6 is 0 Å². The minimum absolute atomic E-state index is 0.245. The molecule has 5 heteroatoms. The number of halogens is 2. The van der Waals surface area contributed by atoms with E-state index in [0.717, 1.165) is 6.07 Å². The van der Waals surface area contributed by atoms with Gasteiger partial charge in [-0.2, -0.15) is 0 Å². The number of rotatable bonds is 3. The summed E-state index contributed by atoms with van der Waals surface area (Å²) in [4.78, 5) is 14.4. The van der Waals surface area contributed by atoms with Gasteiger partial charge in [-0.05, 0) is 18.6 Å². The van der Waals surface area contributed by atoms with Gasteiger partial charge in [-0.1, -0.05) is 6.92 Å². The molecule has 0 unspecified atom stereocenters. The molecule has 3 nitrogen and oxygen atoms in total. The van der Waals surface area contributed by atoms with Gasteiger partial charge < -0.3 is 4.74 Å². The summed E-state index contributed by atoms with van der Waals surface area (Å²) in [6, 6.07) is 2.50. The number of alkyl halides is 2. The van der Waals surface area contributed by atoms with Crippen LogP contribution in [0.15, 0.2) is 12.1 Å². The molecule has 1 rings (SSSR count). The van der Waals surface area contributed by atoms with Gasteiger partial charge >= 0.3 is 5.97 Å². The summed E-state index contributed by atoms with van der Waals surface area (Å²) in [5, 5.41) is 0. The van der Waals surface area contributed by atoms with Gasteiger partial charge in [0.05, 0.1) is 5.69 Å². The molecule has 0 bridgehead atoms. The van der Waals surface area contributed by atoms with Crippen molar-refractivity contribution < 1.29 is 18.3 Å². The number of nitrogens with zero attached hydrogens (tertiary/aromatic N) is 1. The third-order valence-corrected chi connectivity index (χ3v) is 1.77. The summed E-state index contributed by atoms with van der Waals surface area (Å²) in [7, 11) is 0. The zero-order valence-electron chi connectivity index (χ0n) is 8.46. The minimum Gasteiger partial charge on any atom is -0.425 e. The van der Waals surface area contributed by atoms with Crippen molar-refractivity contribution in [2.75, 3.05) is 0 Å². The average Bonchev–Trinajstić information content (AvgIpc) is 2.17. The lowest BCUT2D eigenvalue weighted by Crippen LogP contribution is -2.06. The van der Waals surface area contributed by atoms with Gasteiger partial charge in [-0.25, -0.2) is 13.8 Å². The molecule has 0 saturated heterocycles. The van der Waals surface area contributed by atoms with E-state index in [1.807, 2.05) is 0 Å². The number of esters is 1. The quantitative estimate of drug-likeness (QED) is 0.727. The summed E-state index contributed by atoms with van der Waals surface area (Å²) in [6.07, 6.45) is -2.18. The molecule has 0 spiro atoms. The van der Waals surface area contributed by atoms with E-state index >= 15 is 0 Å². The Kier molecular flexibility index (Phi) is 3.71. The molecular weight excluding hydrogens is 204 g/mol. The van der Waals surface area contributed by atoms with Crippen molar-refractivity contribution in [3.8, 4) is 5.75 Å². The van der Waals surface area contributed by atoms with Crippen molar-refractivity contribution in [2.45, 2.75) is 26.7 Å².